The second-order valence-electron chi connectivity index (χ2n) is 4.32. The van der Waals surface area contributed by atoms with E-state index in [2.05, 4.69) is 0 Å². The third-order valence-corrected chi connectivity index (χ3v) is 2.77. The van der Waals surface area contributed by atoms with Crippen molar-refractivity contribution in [3.63, 3.8) is 0 Å². The molecule has 98 valence electrons. The lowest BCUT2D eigenvalue weighted by Crippen LogP contribution is -2.01. The van der Waals surface area contributed by atoms with Gasteiger partial charge in [-0.15, -0.1) is 0 Å². The number of carboxylic acids is 1. The fraction of sp³-hybridized carbons (Fsp3) is 0.188. The van der Waals surface area contributed by atoms with Crippen LogP contribution in [0, 0.1) is 0 Å². The Kier molecular flexibility index (Phi) is 4.18. The number of aryl methyl sites for hydroxylation is 1. The van der Waals surface area contributed by atoms with Crippen LogP contribution in [0.2, 0.25) is 0 Å². The van der Waals surface area contributed by atoms with Crippen molar-refractivity contribution in [3.8, 4) is 11.5 Å². The van der Waals surface area contributed by atoms with E-state index in [4.69, 9.17) is 9.84 Å². The third-order valence-electron chi connectivity index (χ3n) is 2.77. The molecule has 0 amide bonds. The molecule has 19 heavy (non-hydrogen) atoms. The molecule has 2 aromatic rings. The van der Waals surface area contributed by atoms with Crippen molar-refractivity contribution in [2.75, 3.05) is 0 Å². The lowest BCUT2D eigenvalue weighted by molar-refractivity contribution is -0.136. The summed E-state index contributed by atoms with van der Waals surface area (Å²) < 4.78 is 5.75. The van der Waals surface area contributed by atoms with Crippen LogP contribution in [-0.2, 0) is 17.6 Å². The molecule has 0 atom stereocenters. The Bertz CT molecular complexity index is 561. The van der Waals surface area contributed by atoms with E-state index in [9.17, 15) is 4.79 Å². The number of rotatable bonds is 5. The molecule has 0 radical (unpaired) electrons. The van der Waals surface area contributed by atoms with Crippen molar-refractivity contribution in [2.45, 2.75) is 19.8 Å². The molecule has 0 bridgehead atoms. The summed E-state index contributed by atoms with van der Waals surface area (Å²) in [6, 6.07) is 15.1. The Morgan fingerprint density at radius 2 is 1.74 bits per heavy atom. The standard InChI is InChI=1S/C16H16O3/c1-2-12-8-13(11-16(17)18)10-15(9-12)19-14-6-4-3-5-7-14/h3-10H,2,11H2,1H3,(H,17,18). The molecule has 0 fully saturated rings. The lowest BCUT2D eigenvalue weighted by Gasteiger charge is -2.09. The van der Waals surface area contributed by atoms with Crippen LogP contribution in [-0.4, -0.2) is 11.1 Å². The Balaban J connectivity index is 2.26. The number of carboxylic acid groups (broad SMARTS) is 1. The van der Waals surface area contributed by atoms with Crippen molar-refractivity contribution in [1.82, 2.24) is 0 Å². The van der Waals surface area contributed by atoms with E-state index >= 15 is 0 Å². The molecule has 1 N–H and O–H groups in total. The molecule has 0 aliphatic carbocycles. The van der Waals surface area contributed by atoms with E-state index < -0.39 is 5.97 Å². The molecule has 0 spiro atoms. The first-order valence-corrected chi connectivity index (χ1v) is 6.25. The van der Waals surface area contributed by atoms with E-state index in [0.717, 1.165) is 23.3 Å². The van der Waals surface area contributed by atoms with Gasteiger partial charge >= 0.3 is 5.97 Å². The van der Waals surface area contributed by atoms with Crippen LogP contribution >= 0.6 is 0 Å². The maximum absolute atomic E-state index is 10.8. The Hall–Kier alpha value is -2.29. The SMILES string of the molecule is CCc1cc(CC(=O)O)cc(Oc2ccccc2)c1. The van der Waals surface area contributed by atoms with Gasteiger partial charge in [-0.3, -0.25) is 4.79 Å². The van der Waals surface area contributed by atoms with Gasteiger partial charge in [0.05, 0.1) is 6.42 Å². The number of para-hydroxylation sites is 1. The molecular formula is C16H16O3. The van der Waals surface area contributed by atoms with Gasteiger partial charge in [0, 0.05) is 0 Å². The first-order chi connectivity index (χ1) is 9.17. The van der Waals surface area contributed by atoms with Crippen LogP contribution in [0.3, 0.4) is 0 Å². The van der Waals surface area contributed by atoms with E-state index in [1.54, 1.807) is 6.07 Å². The zero-order chi connectivity index (χ0) is 13.7. The number of carbonyl (C=O) groups is 1. The van der Waals surface area contributed by atoms with E-state index in [0.29, 0.717) is 5.75 Å². The van der Waals surface area contributed by atoms with E-state index in [1.165, 1.54) is 0 Å². The minimum atomic E-state index is -0.834. The minimum Gasteiger partial charge on any atom is -0.481 e. The van der Waals surface area contributed by atoms with Crippen molar-refractivity contribution in [2.24, 2.45) is 0 Å². The van der Waals surface area contributed by atoms with E-state index in [-0.39, 0.29) is 6.42 Å². The largest absolute Gasteiger partial charge is 0.481 e. The molecule has 3 nitrogen and oxygen atoms in total. The molecule has 0 aliphatic rings. The molecule has 0 saturated carbocycles. The summed E-state index contributed by atoms with van der Waals surface area (Å²) in [5, 5.41) is 8.87. The molecule has 0 aliphatic heterocycles. The van der Waals surface area contributed by atoms with Gasteiger partial charge in [0.2, 0.25) is 0 Å². The van der Waals surface area contributed by atoms with Crippen molar-refractivity contribution in [3.05, 3.63) is 59.7 Å². The van der Waals surface area contributed by atoms with Gasteiger partial charge in [-0.05, 0) is 41.8 Å². The van der Waals surface area contributed by atoms with Crippen LogP contribution in [0.4, 0.5) is 0 Å². The zero-order valence-electron chi connectivity index (χ0n) is 10.8. The second-order valence-corrected chi connectivity index (χ2v) is 4.32. The van der Waals surface area contributed by atoms with Gasteiger partial charge in [0.15, 0.2) is 0 Å². The summed E-state index contributed by atoms with van der Waals surface area (Å²) in [5.74, 6) is 0.595. The summed E-state index contributed by atoms with van der Waals surface area (Å²) in [6.07, 6.45) is 0.859. The van der Waals surface area contributed by atoms with Crippen LogP contribution in [0.15, 0.2) is 48.5 Å². The van der Waals surface area contributed by atoms with Gasteiger partial charge in [0.25, 0.3) is 0 Å². The molecule has 2 aromatic carbocycles. The third kappa shape index (κ3) is 3.85. The van der Waals surface area contributed by atoms with Gasteiger partial charge in [0.1, 0.15) is 11.5 Å². The highest BCUT2D eigenvalue weighted by Gasteiger charge is 2.06. The molecular weight excluding hydrogens is 240 g/mol. The zero-order valence-corrected chi connectivity index (χ0v) is 10.8. The monoisotopic (exact) mass is 256 g/mol. The summed E-state index contributed by atoms with van der Waals surface area (Å²) in [5.41, 5.74) is 1.84. The highest BCUT2D eigenvalue weighted by Crippen LogP contribution is 2.24. The second kappa shape index (κ2) is 6.05. The highest BCUT2D eigenvalue weighted by molar-refractivity contribution is 5.70. The predicted octanol–water partition coefficient (Wildman–Crippen LogP) is 3.67. The lowest BCUT2D eigenvalue weighted by atomic mass is 10.1. The first kappa shape index (κ1) is 13.1. The van der Waals surface area contributed by atoms with Crippen molar-refractivity contribution < 1.29 is 14.6 Å². The molecule has 2 rings (SSSR count). The van der Waals surface area contributed by atoms with Gasteiger partial charge in [-0.1, -0.05) is 31.2 Å². The topological polar surface area (TPSA) is 46.5 Å². The van der Waals surface area contributed by atoms with Crippen molar-refractivity contribution in [1.29, 1.82) is 0 Å². The Morgan fingerprint density at radius 1 is 1.05 bits per heavy atom. The number of benzene rings is 2. The summed E-state index contributed by atoms with van der Waals surface area (Å²) in [6.45, 7) is 2.03. The Labute approximate surface area is 112 Å². The average molecular weight is 256 g/mol. The summed E-state index contributed by atoms with van der Waals surface area (Å²) in [7, 11) is 0. The maximum Gasteiger partial charge on any atom is 0.307 e. The maximum atomic E-state index is 10.8. The molecule has 0 heterocycles. The van der Waals surface area contributed by atoms with Gasteiger partial charge in [-0.2, -0.15) is 0 Å². The number of hydrogen-bond donors (Lipinski definition) is 1. The normalized spacial score (nSPS) is 10.2. The fourth-order valence-corrected chi connectivity index (χ4v) is 1.89. The number of ether oxygens (including phenoxy) is 1. The van der Waals surface area contributed by atoms with Crippen LogP contribution in [0.1, 0.15) is 18.1 Å². The Morgan fingerprint density at radius 3 is 2.37 bits per heavy atom. The van der Waals surface area contributed by atoms with Crippen LogP contribution in [0.5, 0.6) is 11.5 Å². The highest BCUT2D eigenvalue weighted by atomic mass is 16.5. The van der Waals surface area contributed by atoms with Gasteiger partial charge < -0.3 is 9.84 Å². The predicted molar refractivity (Wildman–Crippen MR) is 73.7 cm³/mol. The smallest absolute Gasteiger partial charge is 0.307 e. The molecule has 3 heteroatoms. The van der Waals surface area contributed by atoms with Crippen molar-refractivity contribution >= 4 is 5.97 Å². The molecule has 0 saturated heterocycles. The van der Waals surface area contributed by atoms with E-state index in [1.807, 2.05) is 49.4 Å². The molecule has 0 aromatic heterocycles. The average Bonchev–Trinajstić information content (AvgIpc) is 2.38. The summed E-state index contributed by atoms with van der Waals surface area (Å²) in [4.78, 5) is 10.8. The quantitative estimate of drug-likeness (QED) is 0.887. The fourth-order valence-electron chi connectivity index (χ4n) is 1.89. The number of hydrogen-bond acceptors (Lipinski definition) is 2. The molecule has 0 unspecified atom stereocenters. The van der Waals surface area contributed by atoms with Gasteiger partial charge in [-0.25, -0.2) is 0 Å². The minimum absolute atomic E-state index is 0.0129. The number of aliphatic carboxylic acids is 1. The first-order valence-electron chi connectivity index (χ1n) is 6.25. The van der Waals surface area contributed by atoms with Crippen LogP contribution < -0.4 is 4.74 Å². The van der Waals surface area contributed by atoms with Crippen LogP contribution in [0.25, 0.3) is 0 Å². The summed E-state index contributed by atoms with van der Waals surface area (Å²) >= 11 is 0.